The van der Waals surface area contributed by atoms with Crippen LogP contribution >= 0.6 is 15.9 Å². The fraction of sp³-hybridized carbons (Fsp3) is 0.500. The fourth-order valence-corrected chi connectivity index (χ4v) is 3.35. The summed E-state index contributed by atoms with van der Waals surface area (Å²) in [7, 11) is -0.372. The van der Waals surface area contributed by atoms with Gasteiger partial charge in [0.05, 0.1) is 13.7 Å². The molecule has 0 spiro atoms. The van der Waals surface area contributed by atoms with Crippen LogP contribution in [0.2, 0.25) is 18.1 Å². The molecule has 0 bridgehead atoms. The van der Waals surface area contributed by atoms with E-state index in [0.29, 0.717) is 17.1 Å². The van der Waals surface area contributed by atoms with Crippen LogP contribution in [-0.4, -0.2) is 42.6 Å². The maximum Gasteiger partial charge on any atom is 0.224 e. The SMILES string of the molecule is COc1ccc(Cn2nc(Br)nc2C(=O)CO[Si](C)(C)C(C)(C)C)cc1. The summed E-state index contributed by atoms with van der Waals surface area (Å²) in [5.74, 6) is 0.917. The van der Waals surface area contributed by atoms with Crippen molar-refractivity contribution in [1.29, 1.82) is 0 Å². The zero-order valence-electron chi connectivity index (χ0n) is 16.2. The number of carbonyl (C=O) groups is 1. The molecule has 0 saturated carbocycles. The van der Waals surface area contributed by atoms with Crippen LogP contribution < -0.4 is 4.74 Å². The largest absolute Gasteiger partial charge is 0.497 e. The van der Waals surface area contributed by atoms with Gasteiger partial charge in [-0.1, -0.05) is 32.9 Å². The van der Waals surface area contributed by atoms with Crippen LogP contribution in [0.15, 0.2) is 29.0 Å². The van der Waals surface area contributed by atoms with E-state index >= 15 is 0 Å². The first-order valence-electron chi connectivity index (χ1n) is 8.44. The molecular weight excluding hydrogens is 414 g/mol. The summed E-state index contributed by atoms with van der Waals surface area (Å²) in [5, 5.41) is 4.33. The third-order valence-corrected chi connectivity index (χ3v) is 9.57. The number of rotatable bonds is 7. The summed E-state index contributed by atoms with van der Waals surface area (Å²) in [4.78, 5) is 16.9. The van der Waals surface area contributed by atoms with Crippen molar-refractivity contribution in [1.82, 2.24) is 14.8 Å². The van der Waals surface area contributed by atoms with Crippen molar-refractivity contribution in [2.45, 2.75) is 45.4 Å². The smallest absolute Gasteiger partial charge is 0.224 e. The Bertz CT molecular complexity index is 767. The minimum atomic E-state index is -2.00. The van der Waals surface area contributed by atoms with Gasteiger partial charge in [-0.3, -0.25) is 4.79 Å². The van der Waals surface area contributed by atoms with Crippen LogP contribution in [0.3, 0.4) is 0 Å². The van der Waals surface area contributed by atoms with E-state index in [2.05, 4.69) is 59.9 Å². The van der Waals surface area contributed by atoms with Crippen LogP contribution in [0.4, 0.5) is 0 Å². The standard InChI is InChI=1S/C18H26BrN3O3Si/c1-18(2,3)26(5,6)25-12-15(23)16-20-17(19)21-22(16)11-13-7-9-14(24-4)10-8-13/h7-10H,11-12H2,1-6H3. The Balaban J connectivity index is 2.13. The molecule has 142 valence electrons. The van der Waals surface area contributed by atoms with E-state index < -0.39 is 8.32 Å². The molecule has 0 unspecified atom stereocenters. The minimum Gasteiger partial charge on any atom is -0.497 e. The Morgan fingerprint density at radius 3 is 2.38 bits per heavy atom. The van der Waals surface area contributed by atoms with Crippen molar-refractivity contribution in [3.8, 4) is 5.75 Å². The van der Waals surface area contributed by atoms with E-state index in [1.165, 1.54) is 0 Å². The Hall–Kier alpha value is -1.51. The monoisotopic (exact) mass is 439 g/mol. The third-order valence-electron chi connectivity index (χ3n) is 4.76. The number of halogens is 1. The molecule has 0 N–H and O–H groups in total. The van der Waals surface area contributed by atoms with E-state index in [1.807, 2.05) is 24.3 Å². The molecule has 0 aliphatic rings. The van der Waals surface area contributed by atoms with Crippen molar-refractivity contribution >= 4 is 30.0 Å². The normalized spacial score (nSPS) is 12.3. The molecule has 1 aromatic heterocycles. The number of aromatic nitrogens is 3. The average Bonchev–Trinajstić information content (AvgIpc) is 2.93. The van der Waals surface area contributed by atoms with Gasteiger partial charge in [-0.25, -0.2) is 4.68 Å². The van der Waals surface area contributed by atoms with E-state index in [9.17, 15) is 4.79 Å². The first-order valence-corrected chi connectivity index (χ1v) is 12.1. The number of carbonyl (C=O) groups excluding carboxylic acids is 1. The van der Waals surface area contributed by atoms with Crippen molar-refractivity contribution < 1.29 is 14.0 Å². The van der Waals surface area contributed by atoms with E-state index in [0.717, 1.165) is 11.3 Å². The van der Waals surface area contributed by atoms with Gasteiger partial charge in [0.15, 0.2) is 14.1 Å². The van der Waals surface area contributed by atoms with Crippen LogP contribution in [0.5, 0.6) is 5.75 Å². The molecule has 6 nitrogen and oxygen atoms in total. The zero-order chi connectivity index (χ0) is 19.5. The molecule has 2 aromatic rings. The number of nitrogens with zero attached hydrogens (tertiary/aromatic N) is 3. The number of methoxy groups -OCH3 is 1. The topological polar surface area (TPSA) is 66.2 Å². The average molecular weight is 440 g/mol. The highest BCUT2D eigenvalue weighted by Gasteiger charge is 2.38. The molecule has 0 saturated heterocycles. The first-order chi connectivity index (χ1) is 12.0. The predicted octanol–water partition coefficient (Wildman–Crippen LogP) is 4.30. The van der Waals surface area contributed by atoms with Gasteiger partial charge in [0.2, 0.25) is 10.5 Å². The Morgan fingerprint density at radius 1 is 1.23 bits per heavy atom. The Labute approximate surface area is 164 Å². The summed E-state index contributed by atoms with van der Waals surface area (Å²) >= 11 is 3.26. The number of benzene rings is 1. The van der Waals surface area contributed by atoms with Gasteiger partial charge in [0.25, 0.3) is 0 Å². The van der Waals surface area contributed by atoms with Crippen molar-refractivity contribution in [2.24, 2.45) is 0 Å². The zero-order valence-corrected chi connectivity index (χ0v) is 18.8. The van der Waals surface area contributed by atoms with Crippen molar-refractivity contribution in [3.05, 3.63) is 40.4 Å². The van der Waals surface area contributed by atoms with Crippen LogP contribution in [0.25, 0.3) is 0 Å². The highest BCUT2D eigenvalue weighted by molar-refractivity contribution is 9.10. The number of hydrogen-bond acceptors (Lipinski definition) is 5. The lowest BCUT2D eigenvalue weighted by molar-refractivity contribution is 0.0895. The summed E-state index contributed by atoms with van der Waals surface area (Å²) < 4.78 is 13.2. The molecule has 0 amide bonds. The van der Waals surface area contributed by atoms with Crippen molar-refractivity contribution in [2.75, 3.05) is 13.7 Å². The fourth-order valence-electron chi connectivity index (χ4n) is 2.06. The van der Waals surface area contributed by atoms with Gasteiger partial charge in [-0.05, 0) is 51.8 Å². The molecule has 0 aliphatic carbocycles. The van der Waals surface area contributed by atoms with Gasteiger partial charge in [0, 0.05) is 0 Å². The van der Waals surface area contributed by atoms with Gasteiger partial charge in [-0.15, -0.1) is 5.10 Å². The van der Waals surface area contributed by atoms with E-state index in [4.69, 9.17) is 9.16 Å². The van der Waals surface area contributed by atoms with Gasteiger partial charge >= 0.3 is 0 Å². The van der Waals surface area contributed by atoms with Gasteiger partial charge in [0.1, 0.15) is 12.4 Å². The number of ether oxygens (including phenoxy) is 1. The minimum absolute atomic E-state index is 0.0181. The number of hydrogen-bond donors (Lipinski definition) is 0. The highest BCUT2D eigenvalue weighted by Crippen LogP contribution is 2.36. The quantitative estimate of drug-likeness (QED) is 0.474. The van der Waals surface area contributed by atoms with E-state index in [-0.39, 0.29) is 17.4 Å². The van der Waals surface area contributed by atoms with Crippen LogP contribution in [0, 0.1) is 0 Å². The summed E-state index contributed by atoms with van der Waals surface area (Å²) in [6.45, 7) is 11.1. The van der Waals surface area contributed by atoms with Gasteiger partial charge in [-0.2, -0.15) is 4.98 Å². The molecule has 8 heteroatoms. The summed E-state index contributed by atoms with van der Waals surface area (Å²) in [6, 6.07) is 7.64. The lowest BCUT2D eigenvalue weighted by atomic mass is 10.2. The molecule has 0 fully saturated rings. The predicted molar refractivity (Wildman–Crippen MR) is 107 cm³/mol. The maximum absolute atomic E-state index is 12.7. The lowest BCUT2D eigenvalue weighted by Gasteiger charge is -2.35. The molecular formula is C18H26BrN3O3Si. The molecule has 0 atom stereocenters. The lowest BCUT2D eigenvalue weighted by Crippen LogP contribution is -2.42. The maximum atomic E-state index is 12.7. The first kappa shape index (κ1) is 20.8. The van der Waals surface area contributed by atoms with Crippen LogP contribution in [0.1, 0.15) is 37.0 Å². The highest BCUT2D eigenvalue weighted by atomic mass is 79.9. The molecule has 0 aliphatic heterocycles. The molecule has 26 heavy (non-hydrogen) atoms. The summed E-state index contributed by atoms with van der Waals surface area (Å²) in [6.07, 6.45) is 0. The number of Topliss-reactive ketones (excluding diaryl/α,β-unsaturated/α-hetero) is 1. The second-order valence-corrected chi connectivity index (χ2v) is 13.2. The molecule has 1 heterocycles. The second kappa shape index (κ2) is 8.02. The summed E-state index contributed by atoms with van der Waals surface area (Å²) in [5.41, 5.74) is 1.00. The number of ketones is 1. The Kier molecular flexibility index (Phi) is 6.41. The molecule has 2 rings (SSSR count). The van der Waals surface area contributed by atoms with Crippen molar-refractivity contribution in [3.63, 3.8) is 0 Å². The van der Waals surface area contributed by atoms with Crippen LogP contribution in [-0.2, 0) is 11.0 Å². The molecule has 1 aromatic carbocycles. The molecule has 0 radical (unpaired) electrons. The second-order valence-electron chi connectivity index (χ2n) is 7.68. The van der Waals surface area contributed by atoms with Gasteiger partial charge < -0.3 is 9.16 Å². The Morgan fingerprint density at radius 2 is 1.85 bits per heavy atom. The van der Waals surface area contributed by atoms with E-state index in [1.54, 1.807) is 11.8 Å². The third kappa shape index (κ3) is 5.02.